The lowest BCUT2D eigenvalue weighted by molar-refractivity contribution is -0.119. The number of halogens is 3. The van der Waals surface area contributed by atoms with E-state index in [1.807, 2.05) is 0 Å². The molecule has 2 amide bonds. The van der Waals surface area contributed by atoms with Crippen molar-refractivity contribution >= 4 is 34.7 Å². The van der Waals surface area contributed by atoms with Gasteiger partial charge < -0.3 is 4.74 Å². The van der Waals surface area contributed by atoms with Crippen LogP contribution in [0.15, 0.2) is 42.5 Å². The second kappa shape index (κ2) is 6.05. The van der Waals surface area contributed by atoms with E-state index in [1.165, 1.54) is 31.4 Å². The molecule has 0 fully saturated rings. The minimum Gasteiger partial charge on any atom is -0.494 e. The maximum Gasteiger partial charge on any atom is 0.266 e. The largest absolute Gasteiger partial charge is 0.494 e. The van der Waals surface area contributed by atoms with Gasteiger partial charge in [0.05, 0.1) is 23.4 Å². The average Bonchev–Trinajstić information content (AvgIpc) is 2.85. The molecule has 1 aliphatic rings. The molecule has 3 rings (SSSR count). The summed E-state index contributed by atoms with van der Waals surface area (Å²) in [4.78, 5) is 25.5. The molecule has 0 bridgehead atoms. The number of benzene rings is 2. The summed E-state index contributed by atoms with van der Waals surface area (Å²) in [7, 11) is 1.32. The summed E-state index contributed by atoms with van der Waals surface area (Å²) in [5.41, 5.74) is 0.404. The highest BCUT2D eigenvalue weighted by molar-refractivity contribution is 6.43. The topological polar surface area (TPSA) is 46.6 Å². The number of anilines is 1. The number of amides is 2. The first kappa shape index (κ1) is 16.1. The molecular weight excluding hydrogens is 340 g/mol. The molecule has 0 unspecified atom stereocenters. The summed E-state index contributed by atoms with van der Waals surface area (Å²) in [6, 6.07) is 7.45. The van der Waals surface area contributed by atoms with E-state index in [-0.39, 0.29) is 27.6 Å². The third-order valence-corrected chi connectivity index (χ3v) is 3.84. The van der Waals surface area contributed by atoms with Crippen LogP contribution in [0.5, 0.6) is 5.75 Å². The molecule has 0 N–H and O–H groups in total. The number of hydrogen-bond acceptors (Lipinski definition) is 3. The minimum absolute atomic E-state index is 0.0262. The van der Waals surface area contributed by atoms with Gasteiger partial charge in [-0.1, -0.05) is 17.7 Å². The lowest BCUT2D eigenvalue weighted by Gasteiger charge is -2.15. The zero-order chi connectivity index (χ0) is 17.4. The van der Waals surface area contributed by atoms with E-state index in [0.29, 0.717) is 0 Å². The van der Waals surface area contributed by atoms with Crippen LogP contribution >= 0.6 is 11.6 Å². The SMILES string of the molecule is COc1ccc(C2=CC(=O)N(c3ccc(F)c(Cl)c3)C2=O)cc1F. The van der Waals surface area contributed by atoms with Crippen molar-refractivity contribution in [3.63, 3.8) is 0 Å². The molecular formula is C17H10ClF2NO3. The highest BCUT2D eigenvalue weighted by atomic mass is 35.5. The van der Waals surface area contributed by atoms with Crippen LogP contribution in [0.4, 0.5) is 14.5 Å². The zero-order valence-corrected chi connectivity index (χ0v) is 13.1. The van der Waals surface area contributed by atoms with Gasteiger partial charge in [-0.25, -0.2) is 13.7 Å². The number of nitrogens with zero attached hydrogens (tertiary/aromatic N) is 1. The van der Waals surface area contributed by atoms with Gasteiger partial charge in [0.25, 0.3) is 11.8 Å². The normalized spacial score (nSPS) is 14.2. The summed E-state index contributed by atoms with van der Waals surface area (Å²) >= 11 is 5.69. The molecule has 0 saturated heterocycles. The van der Waals surface area contributed by atoms with Crippen LogP contribution in [-0.4, -0.2) is 18.9 Å². The van der Waals surface area contributed by atoms with Gasteiger partial charge in [0, 0.05) is 6.08 Å². The first-order chi connectivity index (χ1) is 11.4. The predicted molar refractivity (Wildman–Crippen MR) is 84.8 cm³/mol. The van der Waals surface area contributed by atoms with Gasteiger partial charge in [-0.3, -0.25) is 9.59 Å². The van der Waals surface area contributed by atoms with Crippen molar-refractivity contribution in [1.82, 2.24) is 0 Å². The van der Waals surface area contributed by atoms with E-state index in [9.17, 15) is 18.4 Å². The minimum atomic E-state index is -0.662. The van der Waals surface area contributed by atoms with Crippen molar-refractivity contribution in [3.8, 4) is 5.75 Å². The van der Waals surface area contributed by atoms with Crippen molar-refractivity contribution in [2.45, 2.75) is 0 Å². The Kier molecular flexibility index (Phi) is 4.07. The van der Waals surface area contributed by atoms with Crippen LogP contribution in [0.3, 0.4) is 0 Å². The molecule has 1 aliphatic heterocycles. The summed E-state index contributed by atoms with van der Waals surface area (Å²) in [5.74, 6) is -2.55. The Bertz CT molecular complexity index is 895. The van der Waals surface area contributed by atoms with Crippen molar-refractivity contribution in [1.29, 1.82) is 0 Å². The number of imide groups is 1. The quantitative estimate of drug-likeness (QED) is 0.796. The van der Waals surface area contributed by atoms with Gasteiger partial charge in [-0.2, -0.15) is 0 Å². The predicted octanol–water partition coefficient (Wildman–Crippen LogP) is 3.58. The maximum absolute atomic E-state index is 13.8. The highest BCUT2D eigenvalue weighted by Crippen LogP contribution is 2.31. The monoisotopic (exact) mass is 349 g/mol. The van der Waals surface area contributed by atoms with Crippen molar-refractivity contribution < 1.29 is 23.1 Å². The first-order valence-electron chi connectivity index (χ1n) is 6.81. The Morgan fingerprint density at radius 2 is 1.79 bits per heavy atom. The molecule has 2 aromatic rings. The molecule has 0 aliphatic carbocycles. The molecule has 1 heterocycles. The number of methoxy groups -OCH3 is 1. The lowest BCUT2D eigenvalue weighted by Crippen LogP contribution is -2.30. The molecule has 2 aromatic carbocycles. The van der Waals surface area contributed by atoms with Crippen LogP contribution in [0.2, 0.25) is 5.02 Å². The van der Waals surface area contributed by atoms with Crippen molar-refractivity contribution in [2.75, 3.05) is 12.0 Å². The molecule has 0 saturated carbocycles. The molecule has 0 radical (unpaired) electrons. The third kappa shape index (κ3) is 2.65. The molecule has 0 atom stereocenters. The standard InChI is InChI=1S/C17H10ClF2NO3/c1-24-15-5-2-9(6-14(15)20)11-8-16(22)21(17(11)23)10-3-4-13(19)12(18)7-10/h2-8H,1H3. The number of carbonyl (C=O) groups is 2. The Balaban J connectivity index is 1.97. The molecule has 24 heavy (non-hydrogen) atoms. The van der Waals surface area contributed by atoms with Gasteiger partial charge in [-0.15, -0.1) is 0 Å². The fourth-order valence-electron chi connectivity index (χ4n) is 2.38. The van der Waals surface area contributed by atoms with E-state index in [0.717, 1.165) is 23.1 Å². The second-order valence-corrected chi connectivity index (χ2v) is 5.39. The van der Waals surface area contributed by atoms with Crippen molar-refractivity contribution in [3.05, 3.63) is 64.7 Å². The smallest absolute Gasteiger partial charge is 0.266 e. The van der Waals surface area contributed by atoms with E-state index in [1.54, 1.807) is 0 Å². The van der Waals surface area contributed by atoms with Gasteiger partial charge in [0.15, 0.2) is 11.6 Å². The van der Waals surface area contributed by atoms with Crippen LogP contribution in [0, 0.1) is 11.6 Å². The van der Waals surface area contributed by atoms with Crippen LogP contribution in [-0.2, 0) is 9.59 Å². The summed E-state index contributed by atoms with van der Waals surface area (Å²) in [6.45, 7) is 0. The zero-order valence-electron chi connectivity index (χ0n) is 12.3. The van der Waals surface area contributed by atoms with Gasteiger partial charge in [0.1, 0.15) is 5.82 Å². The van der Waals surface area contributed by atoms with Gasteiger partial charge in [0.2, 0.25) is 0 Å². The summed E-state index contributed by atoms with van der Waals surface area (Å²) in [5, 5.41) is -0.211. The Labute approximate surface area is 140 Å². The van der Waals surface area contributed by atoms with E-state index < -0.39 is 23.4 Å². The average molecular weight is 350 g/mol. The van der Waals surface area contributed by atoms with Crippen molar-refractivity contribution in [2.24, 2.45) is 0 Å². The van der Waals surface area contributed by atoms with E-state index in [4.69, 9.17) is 16.3 Å². The Morgan fingerprint density at radius 1 is 1.04 bits per heavy atom. The van der Waals surface area contributed by atoms with Crippen LogP contribution < -0.4 is 9.64 Å². The summed E-state index contributed by atoms with van der Waals surface area (Å²) < 4.78 is 31.9. The number of ether oxygens (including phenoxy) is 1. The van der Waals surface area contributed by atoms with Gasteiger partial charge >= 0.3 is 0 Å². The molecule has 4 nitrogen and oxygen atoms in total. The van der Waals surface area contributed by atoms with Crippen LogP contribution in [0.25, 0.3) is 5.57 Å². The van der Waals surface area contributed by atoms with E-state index in [2.05, 4.69) is 0 Å². The third-order valence-electron chi connectivity index (χ3n) is 3.55. The molecule has 122 valence electrons. The van der Waals surface area contributed by atoms with E-state index >= 15 is 0 Å². The summed E-state index contributed by atoms with van der Waals surface area (Å²) in [6.07, 6.45) is 1.10. The van der Waals surface area contributed by atoms with Gasteiger partial charge in [-0.05, 0) is 35.9 Å². The molecule has 0 aromatic heterocycles. The fraction of sp³-hybridized carbons (Fsp3) is 0.0588. The number of hydrogen-bond donors (Lipinski definition) is 0. The van der Waals surface area contributed by atoms with Crippen LogP contribution in [0.1, 0.15) is 5.56 Å². The maximum atomic E-state index is 13.8. The first-order valence-corrected chi connectivity index (χ1v) is 7.19. The number of carbonyl (C=O) groups excluding carboxylic acids is 2. The lowest BCUT2D eigenvalue weighted by atomic mass is 10.1. The Hall–Kier alpha value is -2.73. The Morgan fingerprint density at radius 3 is 2.42 bits per heavy atom. The molecule has 7 heteroatoms. The second-order valence-electron chi connectivity index (χ2n) is 4.98. The fourth-order valence-corrected chi connectivity index (χ4v) is 2.55. The highest BCUT2D eigenvalue weighted by Gasteiger charge is 2.33. The molecule has 0 spiro atoms. The number of rotatable bonds is 3.